The number of aliphatic hydroxyl groups excluding tert-OH is 1. The lowest BCUT2D eigenvalue weighted by Crippen LogP contribution is -2.61. The molecule has 21 nitrogen and oxygen atoms in total. The minimum Gasteiger partial charge on any atom is -0.508 e. The molecular weight excluding hydrogens is 771 g/mol. The molecule has 2 aromatic carbocycles. The number of aliphatic hydroxyl groups is 1. The van der Waals surface area contributed by atoms with Gasteiger partial charge in [0.1, 0.15) is 36.5 Å². The maximum Gasteiger partial charge on any atom is 0.322 e. The molecule has 310 valence electrons. The van der Waals surface area contributed by atoms with E-state index in [0.29, 0.717) is 11.1 Å². The Hall–Kier alpha value is -6.26. The first-order valence-electron chi connectivity index (χ1n) is 17.3. The Kier molecular flexibility index (Phi) is 19.4. The van der Waals surface area contributed by atoms with E-state index in [1.54, 1.807) is 30.3 Å². The first-order chi connectivity index (χ1) is 26.9. The van der Waals surface area contributed by atoms with E-state index in [-0.39, 0.29) is 24.3 Å². The van der Waals surface area contributed by atoms with Crippen LogP contribution in [0.15, 0.2) is 54.6 Å². The Morgan fingerprint density at radius 2 is 1.14 bits per heavy atom. The van der Waals surface area contributed by atoms with Crippen LogP contribution in [0.3, 0.4) is 0 Å². The van der Waals surface area contributed by atoms with E-state index in [1.807, 2.05) is 5.32 Å². The number of aromatic hydroxyl groups is 1. The second-order valence-corrected chi connectivity index (χ2v) is 13.0. The molecule has 0 aliphatic rings. The number of nitrogens with one attached hydrogen (secondary N) is 7. The number of hydrogen-bond acceptors (Lipinski definition) is 13. The van der Waals surface area contributed by atoms with E-state index >= 15 is 0 Å². The Morgan fingerprint density at radius 3 is 1.65 bits per heavy atom. The summed E-state index contributed by atoms with van der Waals surface area (Å²) < 4.78 is 0. The van der Waals surface area contributed by atoms with E-state index in [4.69, 9.17) is 16.6 Å². The highest BCUT2D eigenvalue weighted by molar-refractivity contribution is 7.80. The highest BCUT2D eigenvalue weighted by Crippen LogP contribution is 2.13. The smallest absolute Gasteiger partial charge is 0.322 e. The van der Waals surface area contributed by atoms with Gasteiger partial charge in [0.2, 0.25) is 47.3 Å². The van der Waals surface area contributed by atoms with Crippen molar-refractivity contribution in [3.05, 3.63) is 65.7 Å². The van der Waals surface area contributed by atoms with Crippen LogP contribution in [0.25, 0.3) is 0 Å². The van der Waals surface area contributed by atoms with Crippen LogP contribution in [0.4, 0.5) is 0 Å². The third kappa shape index (κ3) is 17.4. The van der Waals surface area contributed by atoms with Gasteiger partial charge in [-0.2, -0.15) is 12.6 Å². The standard InChI is InChI=1S/C35H47N9O12S/c1-18(45)30(44-31(52)22(36)13-26(37)47)35(56)42-24(11-19-5-3-2-4-6-19)33(54)41-23(12-20-7-9-21(46)10-8-20)34(55)43-25(17-57)32(53)40-15-28(49)38-14-27(48)39-16-29(50)51/h2-10,18,22-25,30,45-46,57H,11-17,36H2,1H3,(H2,37,47)(H,38,49)(H,39,48)(H,40,53)(H,41,54)(H,42,56)(H,43,55)(H,44,52)(H,50,51). The summed E-state index contributed by atoms with van der Waals surface area (Å²) in [5, 5.41) is 45.0. The van der Waals surface area contributed by atoms with Gasteiger partial charge < -0.3 is 64.0 Å². The number of hydrogen-bond donors (Lipinski definition) is 13. The molecule has 2 aromatic rings. The number of aliphatic carboxylic acids is 1. The lowest BCUT2D eigenvalue weighted by molar-refractivity contribution is -0.138. The fraction of sp³-hybridized carbons (Fsp3) is 0.400. The van der Waals surface area contributed by atoms with Gasteiger partial charge in [-0.25, -0.2) is 0 Å². The number of thiol groups is 1. The molecule has 6 unspecified atom stereocenters. The van der Waals surface area contributed by atoms with Gasteiger partial charge in [0, 0.05) is 18.6 Å². The molecule has 0 aliphatic carbocycles. The van der Waals surface area contributed by atoms with Crippen molar-refractivity contribution >= 4 is 65.9 Å². The number of phenols is 1. The SMILES string of the molecule is CC(O)C(NC(=O)C(N)CC(N)=O)C(=O)NC(Cc1ccccc1)C(=O)NC(Cc1ccc(O)cc1)C(=O)NC(CS)C(=O)NCC(=O)NCC(=O)NCC(=O)O. The van der Waals surface area contributed by atoms with Crippen LogP contribution in [0.5, 0.6) is 5.75 Å². The number of carbonyl (C=O) groups is 9. The molecular formula is C35H47N9O12S. The van der Waals surface area contributed by atoms with Crippen molar-refractivity contribution < 1.29 is 58.5 Å². The topological polar surface area (TPSA) is 351 Å². The van der Waals surface area contributed by atoms with Crippen LogP contribution in [-0.2, 0) is 56.0 Å². The first-order valence-corrected chi connectivity index (χ1v) is 17.9. The van der Waals surface area contributed by atoms with E-state index in [9.17, 15) is 53.4 Å². The minimum absolute atomic E-state index is 0.0819. The molecule has 0 radical (unpaired) electrons. The average molecular weight is 818 g/mol. The van der Waals surface area contributed by atoms with Crippen LogP contribution < -0.4 is 48.7 Å². The molecule has 2 rings (SSSR count). The van der Waals surface area contributed by atoms with Crippen LogP contribution in [-0.4, -0.2) is 130 Å². The van der Waals surface area contributed by atoms with Gasteiger partial charge in [0.15, 0.2) is 0 Å². The monoisotopic (exact) mass is 817 g/mol. The van der Waals surface area contributed by atoms with Crippen molar-refractivity contribution in [1.29, 1.82) is 0 Å². The number of phenolic OH excluding ortho intramolecular Hbond substituents is 1. The Balaban J connectivity index is 2.29. The van der Waals surface area contributed by atoms with Crippen molar-refractivity contribution in [3.8, 4) is 5.75 Å². The molecule has 0 saturated carbocycles. The minimum atomic E-state index is -1.65. The number of carbonyl (C=O) groups excluding carboxylic acids is 8. The largest absolute Gasteiger partial charge is 0.508 e. The summed E-state index contributed by atoms with van der Waals surface area (Å²) in [6.07, 6.45) is -2.40. The third-order valence-electron chi connectivity index (χ3n) is 7.87. The normalized spacial score (nSPS) is 13.8. The number of carboxylic acids is 1. The summed E-state index contributed by atoms with van der Waals surface area (Å²) in [6, 6.07) is 6.73. The summed E-state index contributed by atoms with van der Waals surface area (Å²) >= 11 is 4.12. The van der Waals surface area contributed by atoms with E-state index in [0.717, 1.165) is 0 Å². The summed E-state index contributed by atoms with van der Waals surface area (Å²) in [4.78, 5) is 112. The molecule has 22 heteroatoms. The second-order valence-electron chi connectivity index (χ2n) is 12.6. The maximum atomic E-state index is 14.0. The maximum absolute atomic E-state index is 14.0. The molecule has 0 spiro atoms. The molecule has 0 aliphatic heterocycles. The van der Waals surface area contributed by atoms with Gasteiger partial charge in [0.25, 0.3) is 0 Å². The van der Waals surface area contributed by atoms with Gasteiger partial charge in [-0.3, -0.25) is 43.2 Å². The zero-order valence-corrected chi connectivity index (χ0v) is 31.6. The Morgan fingerprint density at radius 1 is 0.649 bits per heavy atom. The molecule has 0 saturated heterocycles. The summed E-state index contributed by atoms with van der Waals surface area (Å²) in [5.41, 5.74) is 11.8. The molecule has 0 heterocycles. The summed E-state index contributed by atoms with van der Waals surface area (Å²) in [5.74, 6) is -8.80. The van der Waals surface area contributed by atoms with Crippen LogP contribution in [0.2, 0.25) is 0 Å². The van der Waals surface area contributed by atoms with Crippen molar-refractivity contribution in [3.63, 3.8) is 0 Å². The van der Waals surface area contributed by atoms with Crippen molar-refractivity contribution in [1.82, 2.24) is 37.2 Å². The first kappa shape index (κ1) is 46.9. The lowest BCUT2D eigenvalue weighted by Gasteiger charge is -2.27. The van der Waals surface area contributed by atoms with E-state index in [1.165, 1.54) is 31.2 Å². The molecule has 0 fully saturated rings. The highest BCUT2D eigenvalue weighted by Gasteiger charge is 2.34. The van der Waals surface area contributed by atoms with Crippen LogP contribution in [0, 0.1) is 0 Å². The van der Waals surface area contributed by atoms with E-state index in [2.05, 4.69) is 44.5 Å². The zero-order valence-electron chi connectivity index (χ0n) is 30.7. The van der Waals surface area contributed by atoms with E-state index < -0.39 is 116 Å². The number of benzene rings is 2. The number of amides is 8. The van der Waals surface area contributed by atoms with Gasteiger partial charge >= 0.3 is 5.97 Å². The van der Waals surface area contributed by atoms with Crippen molar-refractivity contribution in [2.24, 2.45) is 11.5 Å². The molecule has 0 aromatic heterocycles. The predicted molar refractivity (Wildman–Crippen MR) is 204 cm³/mol. The Labute approximate surface area is 331 Å². The third-order valence-corrected chi connectivity index (χ3v) is 8.23. The van der Waals surface area contributed by atoms with Crippen LogP contribution >= 0.6 is 12.6 Å². The molecule has 8 amide bonds. The molecule has 14 N–H and O–H groups in total. The number of nitrogens with two attached hydrogens (primary N) is 2. The fourth-order valence-electron chi connectivity index (χ4n) is 4.88. The van der Waals surface area contributed by atoms with Gasteiger partial charge in [0.05, 0.1) is 31.7 Å². The number of carboxylic acid groups (broad SMARTS) is 1. The predicted octanol–water partition coefficient (Wildman–Crippen LogP) is -4.94. The van der Waals surface area contributed by atoms with Crippen molar-refractivity contribution in [2.75, 3.05) is 25.4 Å². The number of primary amides is 1. The van der Waals surface area contributed by atoms with Crippen LogP contribution in [0.1, 0.15) is 24.5 Å². The number of rotatable bonds is 23. The quantitative estimate of drug-likeness (QED) is 0.0468. The van der Waals surface area contributed by atoms with Gasteiger partial charge in [-0.05, 0) is 30.2 Å². The van der Waals surface area contributed by atoms with Gasteiger partial charge in [-0.1, -0.05) is 42.5 Å². The molecule has 0 bridgehead atoms. The summed E-state index contributed by atoms with van der Waals surface area (Å²) in [7, 11) is 0. The van der Waals surface area contributed by atoms with Crippen molar-refractivity contribution in [2.45, 2.75) is 62.5 Å². The Bertz CT molecular complexity index is 1750. The second kappa shape index (κ2) is 23.6. The lowest BCUT2D eigenvalue weighted by atomic mass is 10.0. The highest BCUT2D eigenvalue weighted by atomic mass is 32.1. The average Bonchev–Trinajstić information content (AvgIpc) is 3.16. The zero-order chi connectivity index (χ0) is 42.7. The van der Waals surface area contributed by atoms with Gasteiger partial charge in [-0.15, -0.1) is 0 Å². The summed E-state index contributed by atoms with van der Waals surface area (Å²) in [6.45, 7) is -0.674. The molecule has 6 atom stereocenters. The fourth-order valence-corrected chi connectivity index (χ4v) is 5.14. The molecule has 57 heavy (non-hydrogen) atoms.